The van der Waals surface area contributed by atoms with Crippen LogP contribution in [-0.4, -0.2) is 34.4 Å². The molecule has 7 nitrogen and oxygen atoms in total. The second-order valence-corrected chi connectivity index (χ2v) is 10.2. The van der Waals surface area contributed by atoms with E-state index >= 15 is 0 Å². The number of aryl methyl sites for hydroxylation is 2. The number of nitrogens with zero attached hydrogens (tertiary/aromatic N) is 2. The molecule has 0 bridgehead atoms. The van der Waals surface area contributed by atoms with Gasteiger partial charge in [0.15, 0.2) is 5.13 Å². The molecule has 1 fully saturated rings. The normalized spacial score (nSPS) is 16.8. The number of amides is 1. The molecular weight excluding hydrogens is 507 g/mol. The molecule has 0 aliphatic carbocycles. The van der Waals surface area contributed by atoms with Crippen LogP contribution in [0.4, 0.5) is 9.52 Å². The lowest BCUT2D eigenvalue weighted by Crippen LogP contribution is -2.29. The molecule has 0 radical (unpaired) electrons. The van der Waals surface area contributed by atoms with Crippen molar-refractivity contribution in [1.82, 2.24) is 4.98 Å². The van der Waals surface area contributed by atoms with Gasteiger partial charge in [0, 0.05) is 5.56 Å². The Hall–Kier alpha value is -4.11. The molecule has 9 heteroatoms. The molecular formula is C29H27FN2O5S. The minimum absolute atomic E-state index is 0.00529. The summed E-state index contributed by atoms with van der Waals surface area (Å²) in [7, 11) is 0. The molecule has 1 N–H and O–H groups in total. The molecule has 1 amide bonds. The number of aromatic nitrogens is 1. The van der Waals surface area contributed by atoms with E-state index in [2.05, 4.69) is 11.6 Å². The molecule has 1 saturated heterocycles. The number of thiazole rings is 1. The number of rotatable bonds is 7. The van der Waals surface area contributed by atoms with Crippen LogP contribution in [0.15, 0.2) is 60.7 Å². The first-order valence-electron chi connectivity index (χ1n) is 12.0. The minimum Gasteiger partial charge on any atom is -0.507 e. The first-order chi connectivity index (χ1) is 18.0. The zero-order valence-corrected chi connectivity index (χ0v) is 22.3. The van der Waals surface area contributed by atoms with Gasteiger partial charge < -0.3 is 9.84 Å². The molecule has 38 heavy (non-hydrogen) atoms. The number of ketones is 1. The fourth-order valence-electron chi connectivity index (χ4n) is 4.18. The molecule has 1 aliphatic heterocycles. The number of carbonyl (C=O) groups is 3. The second-order valence-electron chi connectivity index (χ2n) is 9.25. The van der Waals surface area contributed by atoms with Gasteiger partial charge in [-0.05, 0) is 42.5 Å². The lowest BCUT2D eigenvalue weighted by atomic mass is 9.93. The Morgan fingerprint density at radius 2 is 1.89 bits per heavy atom. The van der Waals surface area contributed by atoms with Crippen molar-refractivity contribution in [3.05, 3.63) is 99.3 Å². The summed E-state index contributed by atoms with van der Waals surface area (Å²) in [6.07, 6.45) is 1.43. The summed E-state index contributed by atoms with van der Waals surface area (Å²) >= 11 is 0.910. The van der Waals surface area contributed by atoms with Crippen LogP contribution in [0.2, 0.25) is 0 Å². The number of benzene rings is 2. The van der Waals surface area contributed by atoms with Crippen LogP contribution in [0.1, 0.15) is 63.4 Å². The monoisotopic (exact) mass is 534 g/mol. The number of esters is 1. The van der Waals surface area contributed by atoms with Crippen molar-refractivity contribution in [3.63, 3.8) is 0 Å². The third-order valence-corrected chi connectivity index (χ3v) is 7.45. The van der Waals surface area contributed by atoms with Crippen molar-refractivity contribution in [1.29, 1.82) is 0 Å². The number of ether oxygens (including phenoxy) is 1. The van der Waals surface area contributed by atoms with Gasteiger partial charge in [-0.15, -0.1) is 0 Å². The van der Waals surface area contributed by atoms with Crippen LogP contribution in [0.25, 0.3) is 5.76 Å². The van der Waals surface area contributed by atoms with Crippen LogP contribution in [0, 0.1) is 19.7 Å². The molecule has 0 saturated carbocycles. The van der Waals surface area contributed by atoms with E-state index in [1.165, 1.54) is 23.1 Å². The van der Waals surface area contributed by atoms with Gasteiger partial charge >= 0.3 is 11.9 Å². The van der Waals surface area contributed by atoms with Gasteiger partial charge in [-0.25, -0.2) is 14.2 Å². The number of halogens is 1. The maximum atomic E-state index is 14.3. The smallest absolute Gasteiger partial charge is 0.350 e. The second kappa shape index (κ2) is 10.7. The predicted molar refractivity (Wildman–Crippen MR) is 144 cm³/mol. The largest absolute Gasteiger partial charge is 0.507 e. The van der Waals surface area contributed by atoms with Crippen molar-refractivity contribution in [2.75, 3.05) is 11.5 Å². The number of carbonyl (C=O) groups excluding carboxylic acids is 3. The van der Waals surface area contributed by atoms with E-state index in [4.69, 9.17) is 4.74 Å². The highest BCUT2D eigenvalue weighted by Crippen LogP contribution is 2.44. The molecule has 1 atom stereocenters. The van der Waals surface area contributed by atoms with Crippen LogP contribution >= 0.6 is 11.3 Å². The number of hydrogen-bond donors (Lipinski definition) is 1. The Bertz CT molecular complexity index is 1470. The summed E-state index contributed by atoms with van der Waals surface area (Å²) in [6.45, 7) is 10.8. The summed E-state index contributed by atoms with van der Waals surface area (Å²) < 4.78 is 19.5. The predicted octanol–water partition coefficient (Wildman–Crippen LogP) is 5.99. The van der Waals surface area contributed by atoms with Gasteiger partial charge in [-0.1, -0.05) is 74.2 Å². The number of anilines is 1. The highest BCUT2D eigenvalue weighted by Gasteiger charge is 2.48. The van der Waals surface area contributed by atoms with E-state index < -0.39 is 35.3 Å². The summed E-state index contributed by atoms with van der Waals surface area (Å²) in [4.78, 5) is 45.0. The fourth-order valence-corrected chi connectivity index (χ4v) is 5.17. The molecule has 0 unspecified atom stereocenters. The topological polar surface area (TPSA) is 96.8 Å². The summed E-state index contributed by atoms with van der Waals surface area (Å²) in [5.74, 6) is -3.30. The van der Waals surface area contributed by atoms with E-state index in [0.717, 1.165) is 23.0 Å². The van der Waals surface area contributed by atoms with Crippen LogP contribution in [0.5, 0.6) is 0 Å². The highest BCUT2D eigenvalue weighted by atomic mass is 32.1. The van der Waals surface area contributed by atoms with E-state index in [9.17, 15) is 23.9 Å². The average Bonchev–Trinajstić information content (AvgIpc) is 3.40. The average molecular weight is 535 g/mol. The molecule has 0 spiro atoms. The standard InChI is InChI=1S/C29H27FN2O5S/c1-6-13-37-28(36)26-17(5)31-29(38-26)32-23(19-11-9-18(10-12-19)15(2)3)22(25(34)27(32)35)24(33)20-8-7-16(4)21(30)14-20/h6-12,14-15,23,33H,1,13H2,2-5H3/t23-/m0/s1. The van der Waals surface area contributed by atoms with Crippen LogP contribution in [0.3, 0.4) is 0 Å². The third kappa shape index (κ3) is 4.89. The van der Waals surface area contributed by atoms with E-state index in [1.54, 1.807) is 26.0 Å². The zero-order valence-electron chi connectivity index (χ0n) is 21.4. The highest BCUT2D eigenvalue weighted by molar-refractivity contribution is 7.17. The Labute approximate surface area is 223 Å². The van der Waals surface area contributed by atoms with Gasteiger partial charge in [-0.3, -0.25) is 14.5 Å². The zero-order chi connectivity index (χ0) is 27.7. The quantitative estimate of drug-likeness (QED) is 0.131. The Kier molecular flexibility index (Phi) is 7.59. The first kappa shape index (κ1) is 26.9. The molecule has 2 heterocycles. The van der Waals surface area contributed by atoms with E-state index in [1.807, 2.05) is 26.0 Å². The maximum absolute atomic E-state index is 14.3. The van der Waals surface area contributed by atoms with Gasteiger partial charge in [-0.2, -0.15) is 0 Å². The number of Topliss-reactive ketones (excluding diaryl/α,β-unsaturated/α-hetero) is 1. The number of hydrogen-bond acceptors (Lipinski definition) is 7. The van der Waals surface area contributed by atoms with Gasteiger partial charge in [0.25, 0.3) is 5.78 Å². The Morgan fingerprint density at radius 3 is 2.50 bits per heavy atom. The maximum Gasteiger partial charge on any atom is 0.350 e. The lowest BCUT2D eigenvalue weighted by Gasteiger charge is -2.23. The van der Waals surface area contributed by atoms with Gasteiger partial charge in [0.1, 0.15) is 23.1 Å². The van der Waals surface area contributed by atoms with E-state index in [0.29, 0.717) is 16.8 Å². The van der Waals surface area contributed by atoms with Crippen molar-refractivity contribution in [2.24, 2.45) is 0 Å². The SMILES string of the molecule is C=CCOC(=O)c1sc(N2C(=O)C(=O)C(=C(O)c3ccc(C)c(F)c3)[C@@H]2c2ccc(C(C)C)cc2)nc1C. The Balaban J connectivity index is 1.90. The first-order valence-corrected chi connectivity index (χ1v) is 12.8. The summed E-state index contributed by atoms with van der Waals surface area (Å²) in [5.41, 5.74) is 2.17. The van der Waals surface area contributed by atoms with Gasteiger partial charge in [0.05, 0.1) is 17.3 Å². The minimum atomic E-state index is -1.05. The Morgan fingerprint density at radius 1 is 1.21 bits per heavy atom. The van der Waals surface area contributed by atoms with Crippen LogP contribution in [-0.2, 0) is 14.3 Å². The van der Waals surface area contributed by atoms with Crippen molar-refractivity contribution < 1.29 is 28.6 Å². The number of aliphatic hydroxyl groups is 1. The molecule has 1 aliphatic rings. The lowest BCUT2D eigenvalue weighted by molar-refractivity contribution is -0.132. The van der Waals surface area contributed by atoms with Crippen molar-refractivity contribution in [3.8, 4) is 0 Å². The summed E-state index contributed by atoms with van der Waals surface area (Å²) in [6, 6.07) is 10.4. The fraction of sp³-hybridized carbons (Fsp3) is 0.241. The molecule has 196 valence electrons. The molecule has 1 aromatic heterocycles. The van der Waals surface area contributed by atoms with Gasteiger partial charge in [0.2, 0.25) is 0 Å². The molecule has 2 aromatic carbocycles. The third-order valence-electron chi connectivity index (χ3n) is 6.32. The summed E-state index contributed by atoms with van der Waals surface area (Å²) in [5, 5.41) is 11.3. The van der Waals surface area contributed by atoms with E-state index in [-0.39, 0.29) is 33.7 Å². The molecule has 3 aromatic rings. The number of aliphatic hydroxyl groups excluding tert-OH is 1. The molecule has 4 rings (SSSR count). The van der Waals surface area contributed by atoms with Crippen LogP contribution < -0.4 is 4.90 Å². The van der Waals surface area contributed by atoms with Crippen molar-refractivity contribution >= 4 is 39.9 Å². The van der Waals surface area contributed by atoms with Crippen molar-refractivity contribution in [2.45, 2.75) is 39.7 Å².